The number of sulfonamides is 1. The summed E-state index contributed by atoms with van der Waals surface area (Å²) in [6.45, 7) is 5.60. The minimum atomic E-state index is -4.03. The normalized spacial score (nSPS) is 19.2. The zero-order valence-electron chi connectivity index (χ0n) is 15.1. The number of hydrogen-bond donors (Lipinski definition) is 1. The number of halogens is 2. The summed E-state index contributed by atoms with van der Waals surface area (Å²) < 4.78 is 46.4. The van der Waals surface area contributed by atoms with E-state index in [0.717, 1.165) is 12.5 Å². The molecule has 1 atom stereocenters. The summed E-state index contributed by atoms with van der Waals surface area (Å²) in [6.07, 6.45) is 1.47. The first kappa shape index (κ1) is 20.9. The Morgan fingerprint density at radius 2 is 2.08 bits per heavy atom. The van der Waals surface area contributed by atoms with Crippen LogP contribution in [-0.2, 0) is 14.8 Å². The van der Waals surface area contributed by atoms with Crippen LogP contribution in [0.5, 0.6) is 0 Å². The fourth-order valence-electron chi connectivity index (χ4n) is 2.82. The van der Waals surface area contributed by atoms with Crippen molar-refractivity contribution in [1.29, 1.82) is 0 Å². The Labute approximate surface area is 158 Å². The maximum Gasteiger partial charge on any atom is 0.407 e. The van der Waals surface area contributed by atoms with Gasteiger partial charge in [0.15, 0.2) is 0 Å². The van der Waals surface area contributed by atoms with Crippen molar-refractivity contribution in [1.82, 2.24) is 9.62 Å². The predicted molar refractivity (Wildman–Crippen MR) is 97.2 cm³/mol. The third kappa shape index (κ3) is 5.31. The van der Waals surface area contributed by atoms with E-state index in [0.29, 0.717) is 12.8 Å². The lowest BCUT2D eigenvalue weighted by molar-refractivity contribution is 0.0512. The quantitative estimate of drug-likeness (QED) is 0.829. The molecule has 1 aromatic rings. The van der Waals surface area contributed by atoms with Gasteiger partial charge in [0.05, 0.1) is 0 Å². The molecule has 0 aliphatic carbocycles. The van der Waals surface area contributed by atoms with Crippen molar-refractivity contribution in [3.05, 3.63) is 29.0 Å². The molecule has 1 fully saturated rings. The Kier molecular flexibility index (Phi) is 6.52. The van der Waals surface area contributed by atoms with E-state index in [1.807, 2.05) is 0 Å². The van der Waals surface area contributed by atoms with Crippen molar-refractivity contribution < 1.29 is 22.3 Å². The van der Waals surface area contributed by atoms with Gasteiger partial charge in [0.25, 0.3) is 0 Å². The molecular weight excluding hydrogens is 383 g/mol. The van der Waals surface area contributed by atoms with Gasteiger partial charge in [-0.2, -0.15) is 4.31 Å². The number of ether oxygens (including phenoxy) is 1. The van der Waals surface area contributed by atoms with E-state index in [4.69, 9.17) is 16.3 Å². The number of carbonyl (C=O) groups is 1. The largest absolute Gasteiger partial charge is 0.444 e. The smallest absolute Gasteiger partial charge is 0.407 e. The number of nitrogens with one attached hydrogen (secondary N) is 1. The van der Waals surface area contributed by atoms with E-state index < -0.39 is 38.5 Å². The van der Waals surface area contributed by atoms with Crippen LogP contribution in [0.15, 0.2) is 23.1 Å². The topological polar surface area (TPSA) is 75.7 Å². The van der Waals surface area contributed by atoms with Crippen LogP contribution in [0.3, 0.4) is 0 Å². The predicted octanol–water partition coefficient (Wildman–Crippen LogP) is 3.55. The highest BCUT2D eigenvalue weighted by Gasteiger charge is 2.35. The van der Waals surface area contributed by atoms with Gasteiger partial charge < -0.3 is 10.1 Å². The van der Waals surface area contributed by atoms with Crippen LogP contribution in [0.25, 0.3) is 0 Å². The third-order valence-corrected chi connectivity index (χ3v) is 6.15. The van der Waals surface area contributed by atoms with Gasteiger partial charge in [-0.25, -0.2) is 17.6 Å². The monoisotopic (exact) mass is 406 g/mol. The van der Waals surface area contributed by atoms with Crippen LogP contribution in [0.4, 0.5) is 9.18 Å². The molecule has 0 saturated carbocycles. The summed E-state index contributed by atoms with van der Waals surface area (Å²) >= 11 is 5.71. The molecule has 1 heterocycles. The van der Waals surface area contributed by atoms with Crippen LogP contribution in [0.1, 0.15) is 40.0 Å². The summed E-state index contributed by atoms with van der Waals surface area (Å²) in [6, 6.07) is 3.03. The van der Waals surface area contributed by atoms with Crippen LogP contribution in [-0.4, -0.2) is 43.5 Å². The van der Waals surface area contributed by atoms with Crippen molar-refractivity contribution >= 4 is 27.7 Å². The fourth-order valence-corrected chi connectivity index (χ4v) is 4.72. The molecule has 0 radical (unpaired) electrons. The minimum Gasteiger partial charge on any atom is -0.444 e. The Balaban J connectivity index is 2.16. The van der Waals surface area contributed by atoms with Gasteiger partial charge >= 0.3 is 6.09 Å². The number of amides is 1. The maximum absolute atomic E-state index is 14.1. The molecular formula is C17H24ClFN2O4S. The molecule has 1 unspecified atom stereocenters. The number of hydrogen-bond acceptors (Lipinski definition) is 4. The number of carbonyl (C=O) groups excluding carboxylic acids is 1. The summed E-state index contributed by atoms with van der Waals surface area (Å²) in [5.41, 5.74) is -0.644. The molecule has 0 bridgehead atoms. The summed E-state index contributed by atoms with van der Waals surface area (Å²) in [4.78, 5) is 11.4. The molecule has 1 aliphatic heterocycles. The number of piperidine rings is 1. The van der Waals surface area contributed by atoms with Gasteiger partial charge in [-0.05, 0) is 51.8 Å². The lowest BCUT2D eigenvalue weighted by atomic mass is 10.1. The van der Waals surface area contributed by atoms with E-state index in [1.54, 1.807) is 20.8 Å². The zero-order valence-corrected chi connectivity index (χ0v) is 16.7. The Bertz CT molecular complexity index is 765. The highest BCUT2D eigenvalue weighted by Crippen LogP contribution is 2.28. The van der Waals surface area contributed by atoms with Gasteiger partial charge in [-0.1, -0.05) is 18.0 Å². The molecule has 1 saturated heterocycles. The van der Waals surface area contributed by atoms with E-state index in [1.165, 1.54) is 16.4 Å². The van der Waals surface area contributed by atoms with Gasteiger partial charge in [0.1, 0.15) is 16.3 Å². The van der Waals surface area contributed by atoms with E-state index in [2.05, 4.69) is 5.32 Å². The molecule has 146 valence electrons. The summed E-state index contributed by atoms with van der Waals surface area (Å²) in [5.74, 6) is -0.887. The van der Waals surface area contributed by atoms with E-state index in [-0.39, 0.29) is 18.1 Å². The van der Waals surface area contributed by atoms with Gasteiger partial charge in [-0.3, -0.25) is 0 Å². The molecule has 0 spiro atoms. The second-order valence-electron chi connectivity index (χ2n) is 7.22. The standard InChI is InChI=1S/C17H24ClFN2O4S/c1-17(2,3)25-16(22)20-11-13-6-4-5-9-21(13)26(23,24)15-8-7-12(18)10-14(15)19/h7-8,10,13H,4-6,9,11H2,1-3H3,(H,20,22). The highest BCUT2D eigenvalue weighted by atomic mass is 35.5. The highest BCUT2D eigenvalue weighted by molar-refractivity contribution is 7.89. The molecule has 0 aromatic heterocycles. The first-order valence-electron chi connectivity index (χ1n) is 8.44. The third-order valence-electron chi connectivity index (χ3n) is 3.93. The first-order chi connectivity index (χ1) is 12.0. The molecule has 26 heavy (non-hydrogen) atoms. The Hall–Kier alpha value is -1.38. The van der Waals surface area contributed by atoms with Crippen molar-refractivity contribution in [2.75, 3.05) is 13.1 Å². The number of benzene rings is 1. The average Bonchev–Trinajstić information content (AvgIpc) is 2.51. The van der Waals surface area contributed by atoms with E-state index >= 15 is 0 Å². The van der Waals surface area contributed by atoms with Gasteiger partial charge in [0.2, 0.25) is 10.0 Å². The summed E-state index contributed by atoms with van der Waals surface area (Å²) in [7, 11) is -4.03. The van der Waals surface area contributed by atoms with Crippen LogP contribution in [0, 0.1) is 5.82 Å². The Morgan fingerprint density at radius 1 is 1.38 bits per heavy atom. The second-order valence-corrected chi connectivity index (χ2v) is 9.52. The SMILES string of the molecule is CC(C)(C)OC(=O)NCC1CCCCN1S(=O)(=O)c1ccc(Cl)cc1F. The molecule has 6 nitrogen and oxygen atoms in total. The van der Waals surface area contributed by atoms with Crippen molar-refractivity contribution in [2.24, 2.45) is 0 Å². The molecule has 1 aromatic carbocycles. The lowest BCUT2D eigenvalue weighted by Gasteiger charge is -2.35. The van der Waals surface area contributed by atoms with Gasteiger partial charge in [0, 0.05) is 24.2 Å². The molecule has 1 aliphatic rings. The van der Waals surface area contributed by atoms with Crippen molar-refractivity contribution in [3.8, 4) is 0 Å². The van der Waals surface area contributed by atoms with Crippen molar-refractivity contribution in [3.63, 3.8) is 0 Å². The fraction of sp³-hybridized carbons (Fsp3) is 0.588. The minimum absolute atomic E-state index is 0.101. The molecule has 2 rings (SSSR count). The first-order valence-corrected chi connectivity index (χ1v) is 10.3. The van der Waals surface area contributed by atoms with E-state index in [9.17, 15) is 17.6 Å². The van der Waals surface area contributed by atoms with Gasteiger partial charge in [-0.15, -0.1) is 0 Å². The van der Waals surface area contributed by atoms with Crippen LogP contribution in [0.2, 0.25) is 5.02 Å². The Morgan fingerprint density at radius 3 is 2.69 bits per heavy atom. The average molecular weight is 407 g/mol. The molecule has 1 N–H and O–H groups in total. The maximum atomic E-state index is 14.1. The number of alkyl carbamates (subject to hydrolysis) is 1. The summed E-state index contributed by atoms with van der Waals surface area (Å²) in [5, 5.41) is 2.73. The van der Waals surface area contributed by atoms with Crippen LogP contribution < -0.4 is 5.32 Å². The second kappa shape index (κ2) is 8.10. The molecule has 1 amide bonds. The number of nitrogens with zero attached hydrogens (tertiary/aromatic N) is 1. The zero-order chi connectivity index (χ0) is 19.5. The number of rotatable bonds is 4. The molecule has 9 heteroatoms. The van der Waals surface area contributed by atoms with Crippen LogP contribution >= 0.6 is 11.6 Å². The van der Waals surface area contributed by atoms with Crippen molar-refractivity contribution in [2.45, 2.75) is 56.6 Å². The lowest BCUT2D eigenvalue weighted by Crippen LogP contribution is -2.50.